The zero-order chi connectivity index (χ0) is 33.6. The molecule has 2 nitrogen and oxygen atoms in total. The van der Waals surface area contributed by atoms with Gasteiger partial charge in [0.15, 0.2) is 0 Å². The van der Waals surface area contributed by atoms with Crippen molar-refractivity contribution in [3.8, 4) is 33.6 Å². The first-order valence-corrected chi connectivity index (χ1v) is 17.8. The van der Waals surface area contributed by atoms with E-state index in [1.54, 1.807) is 0 Å². The first-order valence-electron chi connectivity index (χ1n) is 17.8. The molecule has 1 heterocycles. The monoisotopic (exact) mass is 648 g/mol. The molecule has 0 radical (unpaired) electrons. The van der Waals surface area contributed by atoms with Crippen LogP contribution in [-0.2, 0) is 6.54 Å². The predicted molar refractivity (Wildman–Crippen MR) is 218 cm³/mol. The highest BCUT2D eigenvalue weighted by Crippen LogP contribution is 2.44. The molecule has 0 bridgehead atoms. The van der Waals surface area contributed by atoms with Gasteiger partial charge in [0.1, 0.15) is 5.82 Å². The molecule has 0 aliphatic carbocycles. The Bertz CT molecular complexity index is 3140. The van der Waals surface area contributed by atoms with Crippen molar-refractivity contribution < 1.29 is 0 Å². The van der Waals surface area contributed by atoms with Crippen LogP contribution in [0.2, 0.25) is 0 Å². The van der Waals surface area contributed by atoms with Gasteiger partial charge >= 0.3 is 0 Å². The van der Waals surface area contributed by atoms with Gasteiger partial charge in [0, 0.05) is 12.1 Å². The normalized spacial score (nSPS) is 12.1. The first-order chi connectivity index (χ1) is 25.2. The molecule has 0 amide bonds. The van der Waals surface area contributed by atoms with Crippen molar-refractivity contribution in [2.75, 3.05) is 0 Å². The van der Waals surface area contributed by atoms with Crippen molar-refractivity contribution in [1.82, 2.24) is 9.55 Å². The van der Waals surface area contributed by atoms with Gasteiger partial charge in [-0.1, -0.05) is 140 Å². The number of rotatable bonds is 4. The molecule has 0 spiro atoms. The lowest BCUT2D eigenvalue weighted by atomic mass is 9.86. The second-order valence-electron chi connectivity index (χ2n) is 13.8. The van der Waals surface area contributed by atoms with Crippen LogP contribution in [-0.4, -0.2) is 9.55 Å². The number of fused-ring (bicyclic) bond motifs is 3. The largest absolute Gasteiger partial charge is 0.324 e. The quantitative estimate of drug-likeness (QED) is 0.174. The van der Waals surface area contributed by atoms with Crippen LogP contribution in [0.3, 0.4) is 0 Å². The van der Waals surface area contributed by atoms with Crippen LogP contribution in [0.1, 0.15) is 6.92 Å². The SMILES string of the molecule is CCn1c(-c2ccccc2)nc2cc(-c3ccc(-c4cc5ccc6cccc7c8cccc9ccc%10cccc(c(c4)c5c67)c%10c98)cc3)ccc21. The van der Waals surface area contributed by atoms with Crippen molar-refractivity contribution in [2.24, 2.45) is 0 Å². The number of imidazole rings is 1. The average molecular weight is 649 g/mol. The van der Waals surface area contributed by atoms with Crippen LogP contribution in [0.25, 0.3) is 109 Å². The molecule has 11 aromatic rings. The van der Waals surface area contributed by atoms with Crippen molar-refractivity contribution in [3.63, 3.8) is 0 Å². The van der Waals surface area contributed by atoms with E-state index in [1.165, 1.54) is 86.9 Å². The van der Waals surface area contributed by atoms with Gasteiger partial charge in [-0.15, -0.1) is 0 Å². The summed E-state index contributed by atoms with van der Waals surface area (Å²) < 4.78 is 2.31. The second kappa shape index (κ2) is 10.7. The minimum atomic E-state index is 0.871. The van der Waals surface area contributed by atoms with Gasteiger partial charge in [0.05, 0.1) is 11.0 Å². The number of hydrogen-bond donors (Lipinski definition) is 0. The van der Waals surface area contributed by atoms with E-state index in [4.69, 9.17) is 4.98 Å². The summed E-state index contributed by atoms with van der Waals surface area (Å²) in [5.74, 6) is 1.02. The molecule has 0 saturated carbocycles. The second-order valence-corrected chi connectivity index (χ2v) is 13.8. The molecular weight excluding hydrogens is 617 g/mol. The Morgan fingerprint density at radius 3 is 1.53 bits per heavy atom. The molecule has 1 aromatic heterocycles. The third kappa shape index (κ3) is 4.14. The van der Waals surface area contributed by atoms with Gasteiger partial charge in [-0.25, -0.2) is 4.98 Å². The molecular formula is C49H32N2. The van der Waals surface area contributed by atoms with E-state index in [1.807, 2.05) is 0 Å². The fraction of sp³-hybridized carbons (Fsp3) is 0.0408. The van der Waals surface area contributed by atoms with E-state index in [-0.39, 0.29) is 0 Å². The highest BCUT2D eigenvalue weighted by atomic mass is 15.1. The van der Waals surface area contributed by atoms with Gasteiger partial charge in [-0.05, 0) is 118 Å². The van der Waals surface area contributed by atoms with E-state index < -0.39 is 0 Å². The van der Waals surface area contributed by atoms with Crippen LogP contribution < -0.4 is 0 Å². The molecule has 11 rings (SSSR count). The number of aromatic nitrogens is 2. The molecule has 0 N–H and O–H groups in total. The zero-order valence-corrected chi connectivity index (χ0v) is 28.2. The molecule has 0 unspecified atom stereocenters. The summed E-state index contributed by atoms with van der Waals surface area (Å²) in [4.78, 5) is 5.10. The summed E-state index contributed by atoms with van der Waals surface area (Å²) in [5, 5.41) is 15.6. The maximum absolute atomic E-state index is 5.10. The summed E-state index contributed by atoms with van der Waals surface area (Å²) in [6.07, 6.45) is 0. The zero-order valence-electron chi connectivity index (χ0n) is 28.2. The van der Waals surface area contributed by atoms with Crippen molar-refractivity contribution >= 4 is 75.7 Å². The molecule has 0 saturated heterocycles. The van der Waals surface area contributed by atoms with Crippen molar-refractivity contribution in [2.45, 2.75) is 13.5 Å². The third-order valence-corrected chi connectivity index (χ3v) is 11.1. The van der Waals surface area contributed by atoms with E-state index >= 15 is 0 Å². The van der Waals surface area contributed by atoms with E-state index in [0.29, 0.717) is 0 Å². The Morgan fingerprint density at radius 2 is 0.922 bits per heavy atom. The maximum Gasteiger partial charge on any atom is 0.141 e. The fourth-order valence-corrected chi connectivity index (χ4v) is 8.74. The van der Waals surface area contributed by atoms with E-state index in [0.717, 1.165) is 29.0 Å². The maximum atomic E-state index is 5.10. The number of benzene rings is 9. The van der Waals surface area contributed by atoms with Crippen LogP contribution in [0.4, 0.5) is 0 Å². The lowest BCUT2D eigenvalue weighted by Crippen LogP contribution is -1.97. The van der Waals surface area contributed by atoms with Gasteiger partial charge in [0.2, 0.25) is 0 Å². The van der Waals surface area contributed by atoms with Crippen LogP contribution in [0.15, 0.2) is 164 Å². The lowest BCUT2D eigenvalue weighted by molar-refractivity contribution is 0.796. The van der Waals surface area contributed by atoms with E-state index in [9.17, 15) is 0 Å². The standard InChI is InChI=1S/C49H32N2/c1-2-51-44-26-25-36(29-43(44)50-49(51)35-9-4-3-5-10-35)30-17-19-31(20-18-30)38-27-37-24-23-34-12-7-15-40-39-14-6-11-32-21-22-33-13-8-16-41(47(33)45(32)39)42(28-38)48(37)46(34)40/h3-29H,2H2,1H3. The average Bonchev–Trinajstić information content (AvgIpc) is 3.57. The summed E-state index contributed by atoms with van der Waals surface area (Å²) in [7, 11) is 0. The summed E-state index contributed by atoms with van der Waals surface area (Å²) in [6, 6.07) is 60.6. The Hall–Kier alpha value is -6.51. The van der Waals surface area contributed by atoms with Gasteiger partial charge in [-0.3, -0.25) is 0 Å². The topological polar surface area (TPSA) is 17.8 Å². The van der Waals surface area contributed by atoms with E-state index in [2.05, 4.69) is 175 Å². The molecule has 0 aliphatic heterocycles. The molecule has 0 fully saturated rings. The smallest absolute Gasteiger partial charge is 0.141 e. The summed E-state index contributed by atoms with van der Waals surface area (Å²) in [6.45, 7) is 3.06. The molecule has 0 aliphatic rings. The molecule has 0 atom stereocenters. The number of hydrogen-bond acceptors (Lipinski definition) is 1. The molecule has 10 aromatic carbocycles. The summed E-state index contributed by atoms with van der Waals surface area (Å²) >= 11 is 0. The fourth-order valence-electron chi connectivity index (χ4n) is 8.74. The van der Waals surface area contributed by atoms with Gasteiger partial charge in [0.25, 0.3) is 0 Å². The van der Waals surface area contributed by atoms with Crippen LogP contribution >= 0.6 is 0 Å². The van der Waals surface area contributed by atoms with Crippen molar-refractivity contribution in [3.05, 3.63) is 164 Å². The van der Waals surface area contributed by atoms with Crippen LogP contribution in [0, 0.1) is 0 Å². The highest BCUT2D eigenvalue weighted by Gasteiger charge is 2.17. The Kier molecular flexibility index (Phi) is 5.97. The molecule has 51 heavy (non-hydrogen) atoms. The highest BCUT2D eigenvalue weighted by molar-refractivity contribution is 6.37. The summed E-state index contributed by atoms with van der Waals surface area (Å²) in [5.41, 5.74) is 8.13. The Morgan fingerprint density at radius 1 is 0.392 bits per heavy atom. The van der Waals surface area contributed by atoms with Crippen LogP contribution in [0.5, 0.6) is 0 Å². The minimum absolute atomic E-state index is 0.871. The number of aryl methyl sites for hydroxylation is 1. The molecule has 238 valence electrons. The van der Waals surface area contributed by atoms with Gasteiger partial charge in [-0.2, -0.15) is 0 Å². The number of nitrogens with zero attached hydrogens (tertiary/aromatic N) is 2. The Balaban J connectivity index is 1.11. The molecule has 2 heteroatoms. The Labute approximate surface area is 295 Å². The third-order valence-electron chi connectivity index (χ3n) is 11.1. The first kappa shape index (κ1) is 28.3. The predicted octanol–water partition coefficient (Wildman–Crippen LogP) is 13.4. The minimum Gasteiger partial charge on any atom is -0.324 e. The lowest BCUT2D eigenvalue weighted by Gasteiger charge is -2.17. The van der Waals surface area contributed by atoms with Crippen molar-refractivity contribution in [1.29, 1.82) is 0 Å². The van der Waals surface area contributed by atoms with Gasteiger partial charge < -0.3 is 4.57 Å².